The largest absolute Gasteiger partial charge is 0.354 e. The van der Waals surface area contributed by atoms with Crippen molar-refractivity contribution in [3.8, 4) is 0 Å². The summed E-state index contributed by atoms with van der Waals surface area (Å²) in [7, 11) is 0. The van der Waals surface area contributed by atoms with Gasteiger partial charge in [0.2, 0.25) is 5.91 Å². The lowest BCUT2D eigenvalue weighted by atomic mass is 10.00. The van der Waals surface area contributed by atoms with Crippen LogP contribution in [0.2, 0.25) is 5.02 Å². The van der Waals surface area contributed by atoms with E-state index in [0.29, 0.717) is 22.9 Å². The van der Waals surface area contributed by atoms with Crippen molar-refractivity contribution < 1.29 is 4.79 Å². The average molecular weight is 425 g/mol. The Bertz CT molecular complexity index is 1110. The molecule has 0 bridgehead atoms. The predicted octanol–water partition coefficient (Wildman–Crippen LogP) is 3.60. The van der Waals surface area contributed by atoms with Crippen molar-refractivity contribution in [2.45, 2.75) is 32.9 Å². The molecular formula is C23H25ClN4O2. The number of hydrogen-bond acceptors (Lipinski definition) is 4. The van der Waals surface area contributed by atoms with Crippen molar-refractivity contribution in [2.75, 3.05) is 18.0 Å². The van der Waals surface area contributed by atoms with Gasteiger partial charge in [0.15, 0.2) is 5.82 Å². The maximum atomic E-state index is 13.0. The summed E-state index contributed by atoms with van der Waals surface area (Å²) in [4.78, 5) is 27.7. The molecule has 1 fully saturated rings. The highest BCUT2D eigenvalue weighted by Gasteiger charge is 2.22. The van der Waals surface area contributed by atoms with Crippen molar-refractivity contribution in [2.24, 2.45) is 5.92 Å². The minimum absolute atomic E-state index is 0.117. The lowest BCUT2D eigenvalue weighted by molar-refractivity contribution is -0.122. The second-order valence-electron chi connectivity index (χ2n) is 7.93. The van der Waals surface area contributed by atoms with Gasteiger partial charge in [-0.15, -0.1) is 0 Å². The molecule has 0 saturated carbocycles. The van der Waals surface area contributed by atoms with Gasteiger partial charge in [0.05, 0.1) is 5.39 Å². The third-order valence-electron chi connectivity index (χ3n) is 5.50. The predicted molar refractivity (Wildman–Crippen MR) is 120 cm³/mol. The zero-order valence-electron chi connectivity index (χ0n) is 17.0. The van der Waals surface area contributed by atoms with E-state index in [0.717, 1.165) is 36.3 Å². The molecule has 6 nitrogen and oxygen atoms in total. The van der Waals surface area contributed by atoms with Crippen LogP contribution in [-0.2, 0) is 17.9 Å². The number of amides is 1. The number of nitrogens with zero attached hydrogens (tertiary/aromatic N) is 3. The van der Waals surface area contributed by atoms with Gasteiger partial charge in [-0.25, -0.2) is 4.68 Å². The normalized spacial score (nSPS) is 16.6. The molecular weight excluding hydrogens is 400 g/mol. The molecule has 1 saturated heterocycles. The fraction of sp³-hybridized carbons (Fsp3) is 0.348. The van der Waals surface area contributed by atoms with Crippen LogP contribution in [0.1, 0.15) is 25.3 Å². The number of benzene rings is 2. The molecule has 156 valence electrons. The van der Waals surface area contributed by atoms with E-state index < -0.39 is 0 Å². The van der Waals surface area contributed by atoms with E-state index in [1.54, 1.807) is 18.2 Å². The Morgan fingerprint density at radius 2 is 1.90 bits per heavy atom. The first kappa shape index (κ1) is 20.4. The molecule has 1 atom stereocenters. The van der Waals surface area contributed by atoms with E-state index in [9.17, 15) is 9.59 Å². The third kappa shape index (κ3) is 4.49. The summed E-state index contributed by atoms with van der Waals surface area (Å²) in [5, 5.41) is 9.55. The van der Waals surface area contributed by atoms with Crippen LogP contribution in [0.4, 0.5) is 5.82 Å². The van der Waals surface area contributed by atoms with Gasteiger partial charge in [-0.2, -0.15) is 5.10 Å². The smallest absolute Gasteiger partial charge is 0.275 e. The minimum atomic E-state index is -0.257. The number of anilines is 1. The number of piperidine rings is 1. The van der Waals surface area contributed by atoms with Gasteiger partial charge < -0.3 is 10.2 Å². The second-order valence-corrected chi connectivity index (χ2v) is 8.37. The van der Waals surface area contributed by atoms with Crippen molar-refractivity contribution >= 4 is 34.1 Å². The Morgan fingerprint density at radius 3 is 2.63 bits per heavy atom. The van der Waals surface area contributed by atoms with E-state index in [2.05, 4.69) is 22.2 Å². The molecule has 1 aliphatic heterocycles. The highest BCUT2D eigenvalue weighted by molar-refractivity contribution is 6.30. The first-order chi connectivity index (χ1) is 14.5. The summed E-state index contributed by atoms with van der Waals surface area (Å²) in [6.45, 7) is 4.29. The highest BCUT2D eigenvalue weighted by Crippen LogP contribution is 2.26. The molecule has 3 aromatic rings. The zero-order valence-corrected chi connectivity index (χ0v) is 17.7. The summed E-state index contributed by atoms with van der Waals surface area (Å²) < 4.78 is 1.29. The van der Waals surface area contributed by atoms with Crippen molar-refractivity contribution in [1.82, 2.24) is 15.1 Å². The van der Waals surface area contributed by atoms with E-state index in [4.69, 9.17) is 11.6 Å². The van der Waals surface area contributed by atoms with Crippen LogP contribution in [0.3, 0.4) is 0 Å². The average Bonchev–Trinajstić information content (AvgIpc) is 2.75. The molecule has 7 heteroatoms. The van der Waals surface area contributed by atoms with Gasteiger partial charge in [-0.1, -0.05) is 48.9 Å². The SMILES string of the molecule is C[C@H]1CCCN(c2nn(CC(=O)NCc3ccc(Cl)cc3)c(=O)c3ccccc23)C1. The standard InChI is InChI=1S/C23H25ClN4O2/c1-16-5-4-12-27(14-16)22-19-6-2-3-7-20(19)23(30)28(26-22)15-21(29)25-13-17-8-10-18(24)11-9-17/h2-3,6-11,16H,4-5,12-15H2,1H3,(H,25,29)/t16-/m0/s1. The molecule has 1 aliphatic rings. The molecule has 0 aliphatic carbocycles. The summed E-state index contributed by atoms with van der Waals surface area (Å²) in [5.41, 5.74) is 0.690. The van der Waals surface area contributed by atoms with Gasteiger partial charge in [-0.05, 0) is 42.5 Å². The zero-order chi connectivity index (χ0) is 21.1. The quantitative estimate of drug-likeness (QED) is 0.679. The number of halogens is 1. The summed E-state index contributed by atoms with van der Waals surface area (Å²) >= 11 is 5.90. The Morgan fingerprint density at radius 1 is 1.17 bits per heavy atom. The number of fused-ring (bicyclic) bond motifs is 1. The topological polar surface area (TPSA) is 67.2 Å². The molecule has 0 spiro atoms. The van der Waals surface area contributed by atoms with Gasteiger partial charge in [0.25, 0.3) is 5.56 Å². The van der Waals surface area contributed by atoms with Crippen LogP contribution >= 0.6 is 11.6 Å². The summed E-state index contributed by atoms with van der Waals surface area (Å²) in [6.07, 6.45) is 2.29. The van der Waals surface area contributed by atoms with Crippen LogP contribution in [0.15, 0.2) is 53.3 Å². The number of rotatable bonds is 5. The molecule has 2 heterocycles. The van der Waals surface area contributed by atoms with Crippen LogP contribution in [0.5, 0.6) is 0 Å². The highest BCUT2D eigenvalue weighted by atomic mass is 35.5. The van der Waals surface area contributed by atoms with E-state index in [-0.39, 0.29) is 18.0 Å². The fourth-order valence-corrected chi connectivity index (χ4v) is 4.06. The van der Waals surface area contributed by atoms with Gasteiger partial charge in [0.1, 0.15) is 6.54 Å². The van der Waals surface area contributed by atoms with Crippen molar-refractivity contribution in [3.63, 3.8) is 0 Å². The number of carbonyl (C=O) groups excluding carboxylic acids is 1. The number of carbonyl (C=O) groups is 1. The molecule has 0 radical (unpaired) electrons. The summed E-state index contributed by atoms with van der Waals surface area (Å²) in [6, 6.07) is 14.8. The first-order valence-corrected chi connectivity index (χ1v) is 10.6. The molecule has 1 N–H and O–H groups in total. The Balaban J connectivity index is 1.58. The van der Waals surface area contributed by atoms with Crippen LogP contribution in [-0.4, -0.2) is 28.8 Å². The Kier molecular flexibility index (Phi) is 6.04. The van der Waals surface area contributed by atoms with E-state index in [1.165, 1.54) is 11.1 Å². The van der Waals surface area contributed by atoms with Crippen LogP contribution in [0.25, 0.3) is 10.8 Å². The number of aromatic nitrogens is 2. The van der Waals surface area contributed by atoms with E-state index >= 15 is 0 Å². The minimum Gasteiger partial charge on any atom is -0.354 e. The maximum absolute atomic E-state index is 13.0. The molecule has 2 aromatic carbocycles. The molecule has 0 unspecified atom stereocenters. The van der Waals surface area contributed by atoms with Crippen molar-refractivity contribution in [3.05, 3.63) is 69.5 Å². The number of nitrogens with one attached hydrogen (secondary N) is 1. The number of hydrogen-bond donors (Lipinski definition) is 1. The molecule has 1 amide bonds. The molecule has 1 aromatic heterocycles. The fourth-order valence-electron chi connectivity index (χ4n) is 3.93. The van der Waals surface area contributed by atoms with Crippen molar-refractivity contribution in [1.29, 1.82) is 0 Å². The summed E-state index contributed by atoms with van der Waals surface area (Å²) in [5.74, 6) is 1.09. The van der Waals surface area contributed by atoms with E-state index in [1.807, 2.05) is 30.3 Å². The van der Waals surface area contributed by atoms with Gasteiger partial charge in [-0.3, -0.25) is 9.59 Å². The monoisotopic (exact) mass is 424 g/mol. The van der Waals surface area contributed by atoms with Gasteiger partial charge in [0, 0.05) is 30.0 Å². The molecule has 30 heavy (non-hydrogen) atoms. The van der Waals surface area contributed by atoms with Crippen LogP contribution < -0.4 is 15.8 Å². The lowest BCUT2D eigenvalue weighted by Gasteiger charge is -2.32. The van der Waals surface area contributed by atoms with Crippen LogP contribution in [0, 0.1) is 5.92 Å². The Hall–Kier alpha value is -2.86. The third-order valence-corrected chi connectivity index (χ3v) is 5.75. The maximum Gasteiger partial charge on any atom is 0.275 e. The second kappa shape index (κ2) is 8.88. The molecule has 4 rings (SSSR count). The van der Waals surface area contributed by atoms with Gasteiger partial charge >= 0.3 is 0 Å². The Labute approximate surface area is 180 Å². The lowest BCUT2D eigenvalue weighted by Crippen LogP contribution is -2.38. The first-order valence-electron chi connectivity index (χ1n) is 10.3.